The maximum atomic E-state index is 13.4. The minimum Gasteiger partial charge on any atom is -0.494 e. The second kappa shape index (κ2) is 8.63. The second-order valence-electron chi connectivity index (χ2n) is 7.69. The summed E-state index contributed by atoms with van der Waals surface area (Å²) in [6.07, 6.45) is 2.14. The second-order valence-corrected chi connectivity index (χ2v) is 8.80. The lowest BCUT2D eigenvalue weighted by atomic mass is 10.0. The van der Waals surface area contributed by atoms with E-state index in [9.17, 15) is 4.79 Å². The third-order valence-corrected chi connectivity index (χ3v) is 6.88. The van der Waals surface area contributed by atoms with Gasteiger partial charge >= 0.3 is 0 Å². The van der Waals surface area contributed by atoms with Crippen LogP contribution in [0.25, 0.3) is 11.4 Å². The van der Waals surface area contributed by atoms with Gasteiger partial charge in [0.2, 0.25) is 11.1 Å². The van der Waals surface area contributed by atoms with Gasteiger partial charge in [0.25, 0.3) is 0 Å². The highest BCUT2D eigenvalue weighted by molar-refractivity contribution is 8.00. The fourth-order valence-electron chi connectivity index (χ4n) is 4.12. The number of likely N-dealkylation sites (tertiary alicyclic amines) is 1. The molecule has 2 aliphatic heterocycles. The number of nitrogens with zero attached hydrogens (tertiary/aromatic N) is 4. The maximum absolute atomic E-state index is 13.4. The monoisotopic (exact) mass is 435 g/mol. The van der Waals surface area contributed by atoms with Gasteiger partial charge in [-0.25, -0.2) is 4.68 Å². The van der Waals surface area contributed by atoms with Gasteiger partial charge in [-0.05, 0) is 37.5 Å². The first-order valence-electron chi connectivity index (χ1n) is 10.7. The van der Waals surface area contributed by atoms with Crippen molar-refractivity contribution in [3.05, 3.63) is 60.2 Å². The normalized spacial score (nSPS) is 20.2. The number of amides is 1. The molecular weight excluding hydrogens is 410 g/mol. The number of aromatic nitrogens is 3. The Labute approximate surface area is 185 Å². The van der Waals surface area contributed by atoms with Gasteiger partial charge in [-0.3, -0.25) is 4.79 Å². The van der Waals surface area contributed by atoms with Crippen LogP contribution in [0.1, 0.15) is 31.4 Å². The van der Waals surface area contributed by atoms with E-state index in [0.29, 0.717) is 11.8 Å². The summed E-state index contributed by atoms with van der Waals surface area (Å²) in [5, 5.41) is 9.19. The largest absolute Gasteiger partial charge is 0.494 e. The standard InChI is InChI=1S/C23H25N5O2S/c1-2-30-18-12-10-16(11-13-18)19-20(22(29)27-14-6-7-15-27)31-23-25-24-21(28(23)26-19)17-8-4-3-5-9-17/h3-5,8-13,19-20,26H,2,6-7,14-15H2,1H3/t19-,20-/m0/s1. The summed E-state index contributed by atoms with van der Waals surface area (Å²) in [6.45, 7) is 4.25. The molecule has 2 atom stereocenters. The number of hydrogen-bond acceptors (Lipinski definition) is 6. The van der Waals surface area contributed by atoms with Crippen LogP contribution in [0, 0.1) is 0 Å². The van der Waals surface area contributed by atoms with E-state index >= 15 is 0 Å². The lowest BCUT2D eigenvalue weighted by Gasteiger charge is -2.35. The molecular formula is C23H25N5O2S. The summed E-state index contributed by atoms with van der Waals surface area (Å²) in [7, 11) is 0. The number of benzene rings is 2. The number of carbonyl (C=O) groups excluding carboxylic acids is 1. The number of fused-ring (bicyclic) bond motifs is 1. The quantitative estimate of drug-likeness (QED) is 0.659. The molecule has 0 aliphatic carbocycles. The van der Waals surface area contributed by atoms with Crippen LogP contribution in [0.15, 0.2) is 59.8 Å². The molecule has 8 heteroatoms. The molecule has 2 aliphatic rings. The molecule has 0 unspecified atom stereocenters. The first kappa shape index (κ1) is 19.9. The minimum atomic E-state index is -0.309. The van der Waals surface area contributed by atoms with Crippen molar-refractivity contribution in [2.45, 2.75) is 36.2 Å². The van der Waals surface area contributed by atoms with E-state index in [0.717, 1.165) is 48.6 Å². The molecule has 160 valence electrons. The number of rotatable bonds is 5. The zero-order valence-electron chi connectivity index (χ0n) is 17.4. The lowest BCUT2D eigenvalue weighted by Crippen LogP contribution is -2.45. The Morgan fingerprint density at radius 3 is 2.55 bits per heavy atom. The Morgan fingerprint density at radius 2 is 1.84 bits per heavy atom. The van der Waals surface area contributed by atoms with Gasteiger partial charge in [0.15, 0.2) is 5.82 Å². The summed E-state index contributed by atoms with van der Waals surface area (Å²) in [5.74, 6) is 1.72. The van der Waals surface area contributed by atoms with Gasteiger partial charge < -0.3 is 15.1 Å². The van der Waals surface area contributed by atoms with Gasteiger partial charge in [0.05, 0.1) is 12.6 Å². The Bertz CT molecular complexity index is 1050. The molecule has 2 aromatic carbocycles. The molecule has 0 radical (unpaired) electrons. The smallest absolute Gasteiger partial charge is 0.238 e. The van der Waals surface area contributed by atoms with Crippen molar-refractivity contribution in [2.75, 3.05) is 25.1 Å². The maximum Gasteiger partial charge on any atom is 0.238 e. The summed E-state index contributed by atoms with van der Waals surface area (Å²) < 4.78 is 7.51. The molecule has 3 aromatic rings. The molecule has 7 nitrogen and oxygen atoms in total. The number of carbonyl (C=O) groups is 1. The number of ether oxygens (including phenoxy) is 1. The molecule has 1 amide bonds. The van der Waals surface area contributed by atoms with Crippen molar-refractivity contribution >= 4 is 17.7 Å². The van der Waals surface area contributed by atoms with Crippen LogP contribution in [0.4, 0.5) is 0 Å². The van der Waals surface area contributed by atoms with Crippen LogP contribution < -0.4 is 10.2 Å². The van der Waals surface area contributed by atoms with E-state index in [4.69, 9.17) is 4.74 Å². The minimum absolute atomic E-state index is 0.157. The van der Waals surface area contributed by atoms with Crippen molar-refractivity contribution in [3.8, 4) is 17.1 Å². The highest BCUT2D eigenvalue weighted by Crippen LogP contribution is 2.40. The lowest BCUT2D eigenvalue weighted by molar-refractivity contribution is -0.129. The van der Waals surface area contributed by atoms with Crippen LogP contribution in [-0.4, -0.2) is 50.6 Å². The molecule has 1 N–H and O–H groups in total. The van der Waals surface area contributed by atoms with E-state index in [1.54, 1.807) is 0 Å². The summed E-state index contributed by atoms with van der Waals surface area (Å²) in [5.41, 5.74) is 5.56. The van der Waals surface area contributed by atoms with E-state index in [2.05, 4.69) is 15.6 Å². The van der Waals surface area contributed by atoms with E-state index in [-0.39, 0.29) is 17.2 Å². The molecule has 1 fully saturated rings. The van der Waals surface area contributed by atoms with Crippen molar-refractivity contribution in [1.29, 1.82) is 0 Å². The van der Waals surface area contributed by atoms with E-state index < -0.39 is 0 Å². The third kappa shape index (κ3) is 3.87. The fraction of sp³-hybridized carbons (Fsp3) is 0.348. The fourth-order valence-corrected chi connectivity index (χ4v) is 5.29. The van der Waals surface area contributed by atoms with E-state index in [1.165, 1.54) is 11.8 Å². The van der Waals surface area contributed by atoms with Crippen LogP contribution >= 0.6 is 11.8 Å². The SMILES string of the molecule is CCOc1ccc([C@@H]2Nn3c(nnc3-c3ccccc3)S[C@@H]2C(=O)N2CCCC2)cc1. The van der Waals surface area contributed by atoms with Gasteiger partial charge in [-0.1, -0.05) is 54.2 Å². The van der Waals surface area contributed by atoms with E-state index in [1.807, 2.05) is 71.1 Å². The summed E-state index contributed by atoms with van der Waals surface area (Å²) >= 11 is 1.49. The Morgan fingerprint density at radius 1 is 1.10 bits per heavy atom. The molecule has 0 bridgehead atoms. The Hall–Kier alpha value is -3.00. The molecule has 5 rings (SSSR count). The van der Waals surface area contributed by atoms with Crippen LogP contribution in [0.3, 0.4) is 0 Å². The number of nitrogens with one attached hydrogen (secondary N) is 1. The van der Waals surface area contributed by atoms with Gasteiger partial charge in [-0.2, -0.15) is 0 Å². The molecule has 0 saturated carbocycles. The van der Waals surface area contributed by atoms with Crippen LogP contribution in [-0.2, 0) is 4.79 Å². The highest BCUT2D eigenvalue weighted by atomic mass is 32.2. The molecule has 1 aromatic heterocycles. The number of thioether (sulfide) groups is 1. The summed E-state index contributed by atoms with van der Waals surface area (Å²) in [6, 6.07) is 17.7. The van der Waals surface area contributed by atoms with Crippen molar-refractivity contribution in [1.82, 2.24) is 19.8 Å². The third-order valence-electron chi connectivity index (χ3n) is 5.68. The van der Waals surface area contributed by atoms with Gasteiger partial charge in [0, 0.05) is 18.7 Å². The van der Waals surface area contributed by atoms with Gasteiger partial charge in [-0.15, -0.1) is 10.2 Å². The van der Waals surface area contributed by atoms with Crippen molar-refractivity contribution < 1.29 is 9.53 Å². The predicted octanol–water partition coefficient (Wildman–Crippen LogP) is 3.73. The molecule has 1 saturated heterocycles. The average Bonchev–Trinajstić information content (AvgIpc) is 3.49. The zero-order valence-corrected chi connectivity index (χ0v) is 18.2. The zero-order chi connectivity index (χ0) is 21.2. The first-order valence-corrected chi connectivity index (χ1v) is 11.6. The topological polar surface area (TPSA) is 72.3 Å². The molecule has 31 heavy (non-hydrogen) atoms. The van der Waals surface area contributed by atoms with Crippen LogP contribution in [0.5, 0.6) is 5.75 Å². The van der Waals surface area contributed by atoms with Crippen LogP contribution in [0.2, 0.25) is 0 Å². The molecule has 0 spiro atoms. The Balaban J connectivity index is 1.51. The van der Waals surface area contributed by atoms with Crippen molar-refractivity contribution in [2.24, 2.45) is 0 Å². The number of hydrogen-bond donors (Lipinski definition) is 1. The Kier molecular flexibility index (Phi) is 5.55. The highest BCUT2D eigenvalue weighted by Gasteiger charge is 2.40. The predicted molar refractivity (Wildman–Crippen MR) is 121 cm³/mol. The molecule has 3 heterocycles. The average molecular weight is 436 g/mol. The first-order chi connectivity index (χ1) is 15.2. The van der Waals surface area contributed by atoms with Crippen molar-refractivity contribution in [3.63, 3.8) is 0 Å². The van der Waals surface area contributed by atoms with Gasteiger partial charge in [0.1, 0.15) is 11.0 Å². The summed E-state index contributed by atoms with van der Waals surface area (Å²) in [4.78, 5) is 15.4.